The molecule has 2 aromatic heterocycles. The summed E-state index contributed by atoms with van der Waals surface area (Å²) in [7, 11) is 0. The number of fused-ring (bicyclic) bond motifs is 1. The Morgan fingerprint density at radius 1 is 1.00 bits per heavy atom. The molecule has 2 heterocycles. The van der Waals surface area contributed by atoms with Crippen LogP contribution in [0.25, 0.3) is 20.7 Å². The summed E-state index contributed by atoms with van der Waals surface area (Å²) in [5, 5.41) is 0.561. The van der Waals surface area contributed by atoms with Gasteiger partial charge in [-0.2, -0.15) is 0 Å². The molecule has 3 nitrogen and oxygen atoms in total. The van der Waals surface area contributed by atoms with Crippen LogP contribution < -0.4 is 5.73 Å². The van der Waals surface area contributed by atoms with Crippen LogP contribution >= 0.6 is 22.7 Å². The molecule has 4 rings (SSSR count). The number of ketones is 1. The minimum Gasteiger partial charge on any atom is -0.375 e. The molecule has 0 aliphatic rings. The van der Waals surface area contributed by atoms with Crippen molar-refractivity contribution in [2.24, 2.45) is 0 Å². The van der Waals surface area contributed by atoms with E-state index in [0.29, 0.717) is 18.0 Å². The number of hydrogen-bond donors (Lipinski definition) is 1. The standard InChI is InChI=1S/C21H18N2OS2/c1-13-2-5-15(6-3-13)19-9-7-17(25-19)12-16(24)10-14-4-8-18-20(11-14)26-21(22)23-18/h2-9,11H,10,12H2,1H3,(H2,22,23). The highest BCUT2D eigenvalue weighted by Gasteiger charge is 2.10. The van der Waals surface area contributed by atoms with Crippen LogP contribution in [0.15, 0.2) is 54.6 Å². The van der Waals surface area contributed by atoms with E-state index in [1.165, 1.54) is 27.3 Å². The lowest BCUT2D eigenvalue weighted by Crippen LogP contribution is -2.05. The molecule has 0 bridgehead atoms. The maximum Gasteiger partial charge on any atom is 0.181 e. The third-order valence-electron chi connectivity index (χ3n) is 4.24. The molecule has 0 atom stereocenters. The Labute approximate surface area is 160 Å². The lowest BCUT2D eigenvalue weighted by atomic mass is 10.1. The zero-order valence-electron chi connectivity index (χ0n) is 14.4. The number of carbonyl (C=O) groups is 1. The number of nitrogen functional groups attached to an aromatic ring is 1. The van der Waals surface area contributed by atoms with Crippen LogP contribution in [-0.4, -0.2) is 10.8 Å². The fourth-order valence-corrected chi connectivity index (χ4v) is 4.77. The van der Waals surface area contributed by atoms with Gasteiger partial charge in [-0.1, -0.05) is 47.2 Å². The highest BCUT2D eigenvalue weighted by Crippen LogP contribution is 2.29. The third-order valence-corrected chi connectivity index (χ3v) is 6.22. The molecule has 2 aromatic carbocycles. The van der Waals surface area contributed by atoms with Crippen molar-refractivity contribution in [2.75, 3.05) is 5.73 Å². The van der Waals surface area contributed by atoms with E-state index in [-0.39, 0.29) is 5.78 Å². The predicted molar refractivity (Wildman–Crippen MR) is 111 cm³/mol. The highest BCUT2D eigenvalue weighted by atomic mass is 32.1. The van der Waals surface area contributed by atoms with Gasteiger partial charge < -0.3 is 5.73 Å². The number of Topliss-reactive ketones (excluding diaryl/α,β-unsaturated/α-hetero) is 1. The first-order valence-corrected chi connectivity index (χ1v) is 10.0. The molecule has 2 N–H and O–H groups in total. The van der Waals surface area contributed by atoms with Gasteiger partial charge in [-0.15, -0.1) is 11.3 Å². The van der Waals surface area contributed by atoms with Crippen molar-refractivity contribution in [3.8, 4) is 10.4 Å². The Hall–Kier alpha value is -2.50. The molecule has 0 saturated carbocycles. The summed E-state index contributed by atoms with van der Waals surface area (Å²) in [5.74, 6) is 0.221. The third kappa shape index (κ3) is 3.69. The van der Waals surface area contributed by atoms with Gasteiger partial charge in [-0.25, -0.2) is 4.98 Å². The maximum absolute atomic E-state index is 12.5. The quantitative estimate of drug-likeness (QED) is 0.515. The molecule has 26 heavy (non-hydrogen) atoms. The number of thiophene rings is 1. The fourth-order valence-electron chi connectivity index (χ4n) is 2.93. The zero-order chi connectivity index (χ0) is 18.1. The van der Waals surface area contributed by atoms with E-state index in [0.717, 1.165) is 20.7 Å². The predicted octanol–water partition coefficient (Wildman–Crippen LogP) is 5.27. The van der Waals surface area contributed by atoms with Gasteiger partial charge in [0.25, 0.3) is 0 Å². The summed E-state index contributed by atoms with van der Waals surface area (Å²) in [6, 6.07) is 18.6. The smallest absolute Gasteiger partial charge is 0.181 e. The summed E-state index contributed by atoms with van der Waals surface area (Å²) in [6.07, 6.45) is 0.908. The van der Waals surface area contributed by atoms with Crippen molar-refractivity contribution in [3.05, 3.63) is 70.6 Å². The summed E-state index contributed by atoms with van der Waals surface area (Å²) in [4.78, 5) is 19.0. The molecule has 0 aliphatic carbocycles. The lowest BCUT2D eigenvalue weighted by molar-refractivity contribution is -0.117. The second-order valence-corrected chi connectivity index (χ2v) is 8.61. The largest absolute Gasteiger partial charge is 0.375 e. The van der Waals surface area contributed by atoms with Gasteiger partial charge in [0, 0.05) is 22.6 Å². The van der Waals surface area contributed by atoms with Crippen molar-refractivity contribution in [3.63, 3.8) is 0 Å². The first kappa shape index (κ1) is 16.9. The van der Waals surface area contributed by atoms with Crippen LogP contribution in [0.4, 0.5) is 5.13 Å². The number of benzene rings is 2. The number of carbonyl (C=O) groups excluding carboxylic acids is 1. The minimum atomic E-state index is 0.221. The van der Waals surface area contributed by atoms with Crippen LogP contribution in [0.2, 0.25) is 0 Å². The van der Waals surface area contributed by atoms with Gasteiger partial charge in [0.2, 0.25) is 0 Å². The summed E-state index contributed by atoms with van der Waals surface area (Å²) >= 11 is 3.15. The first-order chi connectivity index (χ1) is 12.6. The number of rotatable bonds is 5. The van der Waals surface area contributed by atoms with Crippen LogP contribution in [0, 0.1) is 6.92 Å². The molecule has 5 heteroatoms. The van der Waals surface area contributed by atoms with E-state index in [1.54, 1.807) is 11.3 Å². The SMILES string of the molecule is Cc1ccc(-c2ccc(CC(=O)Cc3ccc4nc(N)sc4c3)s2)cc1. The molecule has 130 valence electrons. The number of hydrogen-bond acceptors (Lipinski definition) is 5. The van der Waals surface area contributed by atoms with E-state index in [9.17, 15) is 4.79 Å². The van der Waals surface area contributed by atoms with E-state index < -0.39 is 0 Å². The van der Waals surface area contributed by atoms with Crippen LogP contribution in [0.3, 0.4) is 0 Å². The van der Waals surface area contributed by atoms with Crippen LogP contribution in [0.5, 0.6) is 0 Å². The average molecular weight is 379 g/mol. The van der Waals surface area contributed by atoms with Gasteiger partial charge in [0.05, 0.1) is 10.2 Å². The van der Waals surface area contributed by atoms with E-state index in [4.69, 9.17) is 5.73 Å². The number of aromatic nitrogens is 1. The second kappa shape index (κ2) is 7.02. The maximum atomic E-state index is 12.5. The molecule has 0 fully saturated rings. The highest BCUT2D eigenvalue weighted by molar-refractivity contribution is 7.22. The molecule has 0 amide bonds. The van der Waals surface area contributed by atoms with Gasteiger partial charge >= 0.3 is 0 Å². The monoisotopic (exact) mass is 378 g/mol. The van der Waals surface area contributed by atoms with Crippen LogP contribution in [0.1, 0.15) is 16.0 Å². The molecule has 0 saturated heterocycles. The topological polar surface area (TPSA) is 56.0 Å². The first-order valence-electron chi connectivity index (χ1n) is 8.39. The van der Waals surface area contributed by atoms with Gasteiger partial charge in [0.15, 0.2) is 5.13 Å². The molecule has 0 spiro atoms. The summed E-state index contributed by atoms with van der Waals surface area (Å²) in [5.41, 5.74) is 10.1. The van der Waals surface area contributed by atoms with Crippen LogP contribution in [-0.2, 0) is 17.6 Å². The molecule has 4 aromatic rings. The van der Waals surface area contributed by atoms with E-state index in [1.807, 2.05) is 18.2 Å². The van der Waals surface area contributed by atoms with Gasteiger partial charge in [-0.05, 0) is 42.3 Å². The second-order valence-electron chi connectivity index (χ2n) is 6.38. The summed E-state index contributed by atoms with van der Waals surface area (Å²) < 4.78 is 1.03. The van der Waals surface area contributed by atoms with E-state index >= 15 is 0 Å². The molecular weight excluding hydrogens is 360 g/mol. The van der Waals surface area contributed by atoms with Crippen molar-refractivity contribution < 1.29 is 4.79 Å². The Balaban J connectivity index is 1.45. The molecule has 0 unspecified atom stereocenters. The Kier molecular flexibility index (Phi) is 4.57. The van der Waals surface area contributed by atoms with Gasteiger partial charge in [0.1, 0.15) is 5.78 Å². The Morgan fingerprint density at radius 3 is 2.62 bits per heavy atom. The van der Waals surface area contributed by atoms with Gasteiger partial charge in [-0.3, -0.25) is 4.79 Å². The minimum absolute atomic E-state index is 0.221. The average Bonchev–Trinajstić information content (AvgIpc) is 3.20. The van der Waals surface area contributed by atoms with Crippen molar-refractivity contribution in [2.45, 2.75) is 19.8 Å². The molecule has 0 radical (unpaired) electrons. The number of aryl methyl sites for hydroxylation is 1. The molecule has 0 aliphatic heterocycles. The number of nitrogens with two attached hydrogens (primary N) is 1. The normalized spacial score (nSPS) is 11.1. The number of nitrogens with zero attached hydrogens (tertiary/aromatic N) is 1. The lowest BCUT2D eigenvalue weighted by Gasteiger charge is -2.01. The summed E-state index contributed by atoms with van der Waals surface area (Å²) in [6.45, 7) is 2.08. The van der Waals surface area contributed by atoms with E-state index in [2.05, 4.69) is 48.3 Å². The Morgan fingerprint density at radius 2 is 1.81 bits per heavy atom. The number of anilines is 1. The fraction of sp³-hybridized carbons (Fsp3) is 0.143. The van der Waals surface area contributed by atoms with Crippen molar-refractivity contribution >= 4 is 43.8 Å². The number of thiazole rings is 1. The zero-order valence-corrected chi connectivity index (χ0v) is 16.0. The van der Waals surface area contributed by atoms with Crippen molar-refractivity contribution in [1.82, 2.24) is 4.98 Å². The Bertz CT molecular complexity index is 1080. The molecular formula is C21H18N2OS2. The van der Waals surface area contributed by atoms with Crippen molar-refractivity contribution in [1.29, 1.82) is 0 Å².